The highest BCUT2D eigenvalue weighted by Gasteiger charge is 2.17. The maximum Gasteiger partial charge on any atom is 0.413 e. The SMILES string of the molecule is CC(C)CNc1cc(NC(=O)OC(C)(C)C)n(C)n1. The van der Waals surface area contributed by atoms with E-state index in [0.29, 0.717) is 11.7 Å². The number of nitrogens with zero attached hydrogens (tertiary/aromatic N) is 2. The van der Waals surface area contributed by atoms with Gasteiger partial charge in [-0.1, -0.05) is 13.8 Å². The Morgan fingerprint density at radius 3 is 2.63 bits per heavy atom. The summed E-state index contributed by atoms with van der Waals surface area (Å²) < 4.78 is 6.80. The molecule has 1 heterocycles. The van der Waals surface area contributed by atoms with Gasteiger partial charge in [0.25, 0.3) is 0 Å². The number of anilines is 2. The van der Waals surface area contributed by atoms with Gasteiger partial charge in [0, 0.05) is 19.7 Å². The maximum absolute atomic E-state index is 11.7. The summed E-state index contributed by atoms with van der Waals surface area (Å²) in [5.74, 6) is 1.87. The molecule has 0 aliphatic carbocycles. The summed E-state index contributed by atoms with van der Waals surface area (Å²) >= 11 is 0. The van der Waals surface area contributed by atoms with Gasteiger partial charge in [0.2, 0.25) is 0 Å². The minimum atomic E-state index is -0.513. The van der Waals surface area contributed by atoms with Gasteiger partial charge in [-0.3, -0.25) is 10.00 Å². The van der Waals surface area contributed by atoms with E-state index in [1.807, 2.05) is 20.8 Å². The van der Waals surface area contributed by atoms with E-state index >= 15 is 0 Å². The Labute approximate surface area is 114 Å². The van der Waals surface area contributed by atoms with Crippen LogP contribution in [0.3, 0.4) is 0 Å². The summed E-state index contributed by atoms with van der Waals surface area (Å²) in [7, 11) is 1.77. The normalized spacial score (nSPS) is 11.5. The summed E-state index contributed by atoms with van der Waals surface area (Å²) in [5, 5.41) is 10.1. The second-order valence-electron chi connectivity index (χ2n) is 5.94. The van der Waals surface area contributed by atoms with Gasteiger partial charge in [-0.15, -0.1) is 0 Å². The lowest BCUT2D eigenvalue weighted by Crippen LogP contribution is -2.27. The number of amides is 1. The summed E-state index contributed by atoms with van der Waals surface area (Å²) in [6.45, 7) is 10.6. The van der Waals surface area contributed by atoms with E-state index < -0.39 is 11.7 Å². The number of ether oxygens (including phenoxy) is 1. The molecule has 2 N–H and O–H groups in total. The van der Waals surface area contributed by atoms with Crippen molar-refractivity contribution in [3.63, 3.8) is 0 Å². The maximum atomic E-state index is 11.7. The molecule has 1 aromatic heterocycles. The van der Waals surface area contributed by atoms with Gasteiger partial charge in [-0.25, -0.2) is 4.79 Å². The van der Waals surface area contributed by atoms with E-state index in [1.54, 1.807) is 17.8 Å². The Balaban J connectivity index is 2.61. The zero-order valence-electron chi connectivity index (χ0n) is 12.6. The van der Waals surface area contributed by atoms with Crippen LogP contribution in [-0.4, -0.2) is 28.0 Å². The largest absolute Gasteiger partial charge is 0.444 e. The van der Waals surface area contributed by atoms with Gasteiger partial charge < -0.3 is 10.1 Å². The molecule has 0 atom stereocenters. The molecule has 1 amide bonds. The quantitative estimate of drug-likeness (QED) is 0.881. The summed E-state index contributed by atoms with van der Waals surface area (Å²) in [6, 6.07) is 1.78. The van der Waals surface area contributed by atoms with Crippen LogP contribution in [0.15, 0.2) is 6.07 Å². The van der Waals surface area contributed by atoms with Crippen LogP contribution in [0, 0.1) is 5.92 Å². The number of hydrogen-bond acceptors (Lipinski definition) is 4. The average molecular weight is 268 g/mol. The second kappa shape index (κ2) is 5.95. The first kappa shape index (κ1) is 15.3. The van der Waals surface area contributed by atoms with Crippen molar-refractivity contribution in [3.8, 4) is 0 Å². The van der Waals surface area contributed by atoms with Crippen molar-refractivity contribution in [1.82, 2.24) is 9.78 Å². The summed E-state index contributed by atoms with van der Waals surface area (Å²) in [6.07, 6.45) is -0.481. The lowest BCUT2D eigenvalue weighted by molar-refractivity contribution is 0.0634. The van der Waals surface area contributed by atoms with Crippen LogP contribution < -0.4 is 10.6 Å². The van der Waals surface area contributed by atoms with E-state index in [0.717, 1.165) is 12.4 Å². The summed E-state index contributed by atoms with van der Waals surface area (Å²) in [4.78, 5) is 11.7. The fraction of sp³-hybridized carbons (Fsp3) is 0.692. The zero-order chi connectivity index (χ0) is 14.6. The summed E-state index contributed by atoms with van der Waals surface area (Å²) in [5.41, 5.74) is -0.513. The van der Waals surface area contributed by atoms with Crippen molar-refractivity contribution < 1.29 is 9.53 Å². The number of carbonyl (C=O) groups excluding carboxylic acids is 1. The van der Waals surface area contributed by atoms with E-state index in [9.17, 15) is 4.79 Å². The minimum absolute atomic E-state index is 0.481. The zero-order valence-corrected chi connectivity index (χ0v) is 12.6. The van der Waals surface area contributed by atoms with Gasteiger partial charge in [0.05, 0.1) is 0 Å². The molecular formula is C13H24N4O2. The standard InChI is InChI=1S/C13H24N4O2/c1-9(2)8-14-10-7-11(17(6)16-10)15-12(18)19-13(3,4)5/h7,9H,8H2,1-6H3,(H,14,16)(H,15,18). The van der Waals surface area contributed by atoms with Crippen LogP contribution in [0.4, 0.5) is 16.4 Å². The smallest absolute Gasteiger partial charge is 0.413 e. The van der Waals surface area contributed by atoms with Crippen molar-refractivity contribution in [2.45, 2.75) is 40.2 Å². The first-order valence-electron chi connectivity index (χ1n) is 6.45. The average Bonchev–Trinajstić information content (AvgIpc) is 2.54. The Kier molecular flexibility index (Phi) is 4.80. The Hall–Kier alpha value is -1.72. The second-order valence-corrected chi connectivity index (χ2v) is 5.94. The van der Waals surface area contributed by atoms with Crippen LogP contribution >= 0.6 is 0 Å². The van der Waals surface area contributed by atoms with Crippen molar-refractivity contribution in [2.75, 3.05) is 17.2 Å². The van der Waals surface area contributed by atoms with Crippen LogP contribution in [0.2, 0.25) is 0 Å². The fourth-order valence-electron chi connectivity index (χ4n) is 1.39. The van der Waals surface area contributed by atoms with E-state index in [-0.39, 0.29) is 0 Å². The lowest BCUT2D eigenvalue weighted by Gasteiger charge is -2.19. The minimum Gasteiger partial charge on any atom is -0.444 e. The molecule has 6 heteroatoms. The Morgan fingerprint density at radius 1 is 1.47 bits per heavy atom. The first-order chi connectivity index (χ1) is 8.67. The molecule has 19 heavy (non-hydrogen) atoms. The highest BCUT2D eigenvalue weighted by molar-refractivity contribution is 5.84. The molecule has 0 aromatic carbocycles. The Morgan fingerprint density at radius 2 is 2.11 bits per heavy atom. The van der Waals surface area contributed by atoms with Gasteiger partial charge in [-0.05, 0) is 26.7 Å². The monoisotopic (exact) mass is 268 g/mol. The number of hydrogen-bond donors (Lipinski definition) is 2. The lowest BCUT2D eigenvalue weighted by atomic mass is 10.2. The third-order valence-electron chi connectivity index (χ3n) is 2.20. The molecule has 0 saturated heterocycles. The van der Waals surface area contributed by atoms with Gasteiger partial charge in [-0.2, -0.15) is 5.10 Å². The topological polar surface area (TPSA) is 68.2 Å². The molecule has 0 aliphatic heterocycles. The third kappa shape index (κ3) is 5.63. The van der Waals surface area contributed by atoms with Gasteiger partial charge in [0.15, 0.2) is 0 Å². The highest BCUT2D eigenvalue weighted by Crippen LogP contribution is 2.15. The number of carbonyl (C=O) groups is 1. The van der Waals surface area contributed by atoms with Crippen molar-refractivity contribution in [3.05, 3.63) is 6.07 Å². The van der Waals surface area contributed by atoms with Crippen LogP contribution in [0.5, 0.6) is 0 Å². The third-order valence-corrected chi connectivity index (χ3v) is 2.20. The predicted octanol–water partition coefficient (Wildman–Crippen LogP) is 2.84. The fourth-order valence-corrected chi connectivity index (χ4v) is 1.39. The number of aromatic nitrogens is 2. The predicted molar refractivity (Wildman–Crippen MR) is 76.4 cm³/mol. The molecule has 108 valence electrons. The van der Waals surface area contributed by atoms with Crippen LogP contribution in [0.25, 0.3) is 0 Å². The molecule has 0 radical (unpaired) electrons. The molecule has 1 aromatic rings. The van der Waals surface area contributed by atoms with E-state index in [2.05, 4.69) is 29.6 Å². The number of aryl methyl sites for hydroxylation is 1. The molecule has 6 nitrogen and oxygen atoms in total. The van der Waals surface area contributed by atoms with Crippen molar-refractivity contribution in [1.29, 1.82) is 0 Å². The molecule has 1 rings (SSSR count). The van der Waals surface area contributed by atoms with Gasteiger partial charge >= 0.3 is 6.09 Å². The van der Waals surface area contributed by atoms with Crippen molar-refractivity contribution in [2.24, 2.45) is 13.0 Å². The van der Waals surface area contributed by atoms with Gasteiger partial charge in [0.1, 0.15) is 17.2 Å². The molecule has 0 spiro atoms. The van der Waals surface area contributed by atoms with Crippen LogP contribution in [-0.2, 0) is 11.8 Å². The molecule has 0 aliphatic rings. The number of nitrogens with one attached hydrogen (secondary N) is 2. The molecule has 0 unspecified atom stereocenters. The Bertz CT molecular complexity index is 432. The van der Waals surface area contributed by atoms with Crippen LogP contribution in [0.1, 0.15) is 34.6 Å². The number of rotatable bonds is 4. The molecular weight excluding hydrogens is 244 g/mol. The first-order valence-corrected chi connectivity index (χ1v) is 6.45. The molecule has 0 bridgehead atoms. The van der Waals surface area contributed by atoms with Crippen molar-refractivity contribution >= 4 is 17.7 Å². The molecule has 0 fully saturated rings. The molecule has 0 saturated carbocycles. The van der Waals surface area contributed by atoms with E-state index in [1.165, 1.54) is 0 Å². The van der Waals surface area contributed by atoms with E-state index in [4.69, 9.17) is 4.74 Å². The highest BCUT2D eigenvalue weighted by atomic mass is 16.6.